The van der Waals surface area contributed by atoms with Crippen LogP contribution < -0.4 is 15.0 Å². The topological polar surface area (TPSA) is 95.7 Å². The van der Waals surface area contributed by atoms with Crippen molar-refractivity contribution >= 4 is 5.78 Å². The van der Waals surface area contributed by atoms with Gasteiger partial charge in [0.05, 0.1) is 0 Å². The van der Waals surface area contributed by atoms with Gasteiger partial charge in [0.1, 0.15) is 23.3 Å². The van der Waals surface area contributed by atoms with Crippen LogP contribution >= 0.6 is 0 Å². The Balaban J connectivity index is 1.60. The second kappa shape index (κ2) is 6.88. The van der Waals surface area contributed by atoms with Gasteiger partial charge in [-0.05, 0) is 37.3 Å². The highest BCUT2D eigenvalue weighted by molar-refractivity contribution is 5.36. The lowest BCUT2D eigenvalue weighted by Gasteiger charge is -2.15. The molecule has 144 valence electrons. The van der Waals surface area contributed by atoms with E-state index in [0.717, 1.165) is 0 Å². The number of benzene rings is 2. The Morgan fingerprint density at radius 3 is 2.24 bits per heavy atom. The van der Waals surface area contributed by atoms with Gasteiger partial charge in [-0.15, -0.1) is 20.1 Å². The SMILES string of the molecule is CC1(c2nc3nc(Oc4ccccc4)nc(Oc4ccccc4)n3n2)C=CON1. The van der Waals surface area contributed by atoms with E-state index in [9.17, 15) is 0 Å². The largest absolute Gasteiger partial charge is 0.424 e. The summed E-state index contributed by atoms with van der Waals surface area (Å²) in [5, 5.41) is 4.52. The van der Waals surface area contributed by atoms with Gasteiger partial charge in [0.15, 0.2) is 5.82 Å². The van der Waals surface area contributed by atoms with Crippen molar-refractivity contribution < 1.29 is 14.3 Å². The van der Waals surface area contributed by atoms with E-state index >= 15 is 0 Å². The van der Waals surface area contributed by atoms with Crippen LogP contribution in [0.15, 0.2) is 73.0 Å². The van der Waals surface area contributed by atoms with Crippen LogP contribution in [-0.2, 0) is 10.4 Å². The maximum Gasteiger partial charge on any atom is 0.331 e. The smallest absolute Gasteiger partial charge is 0.331 e. The van der Waals surface area contributed by atoms with Crippen LogP contribution in [0.2, 0.25) is 0 Å². The lowest BCUT2D eigenvalue weighted by molar-refractivity contribution is 0.102. The summed E-state index contributed by atoms with van der Waals surface area (Å²) >= 11 is 0. The molecule has 1 N–H and O–H groups in total. The number of nitrogens with one attached hydrogen (secondary N) is 1. The first-order chi connectivity index (χ1) is 14.2. The summed E-state index contributed by atoms with van der Waals surface area (Å²) in [6, 6.07) is 18.8. The molecule has 2 aromatic carbocycles. The number of aromatic nitrogens is 5. The van der Waals surface area contributed by atoms with E-state index in [2.05, 4.69) is 25.5 Å². The molecule has 0 saturated carbocycles. The number of ether oxygens (including phenoxy) is 2. The molecule has 0 fully saturated rings. The minimum absolute atomic E-state index is 0.102. The lowest BCUT2D eigenvalue weighted by Crippen LogP contribution is -2.33. The molecular weight excluding hydrogens is 372 g/mol. The van der Waals surface area contributed by atoms with Crippen molar-refractivity contribution in [2.45, 2.75) is 12.5 Å². The van der Waals surface area contributed by atoms with Crippen molar-refractivity contribution in [2.24, 2.45) is 0 Å². The first-order valence-electron chi connectivity index (χ1n) is 8.91. The fourth-order valence-corrected chi connectivity index (χ4v) is 2.74. The Kier molecular flexibility index (Phi) is 4.07. The van der Waals surface area contributed by atoms with Gasteiger partial charge in [-0.3, -0.25) is 0 Å². The molecule has 0 bridgehead atoms. The molecule has 4 aromatic rings. The van der Waals surface area contributed by atoms with E-state index in [-0.39, 0.29) is 17.8 Å². The number of rotatable bonds is 5. The molecule has 9 heteroatoms. The molecule has 0 radical (unpaired) electrons. The maximum atomic E-state index is 5.94. The van der Waals surface area contributed by atoms with Crippen molar-refractivity contribution in [3.63, 3.8) is 0 Å². The van der Waals surface area contributed by atoms with E-state index < -0.39 is 5.54 Å². The van der Waals surface area contributed by atoms with E-state index in [1.54, 1.807) is 6.26 Å². The van der Waals surface area contributed by atoms with Gasteiger partial charge in [-0.2, -0.15) is 9.97 Å². The predicted octanol–water partition coefficient (Wildman–Crippen LogP) is 3.37. The van der Waals surface area contributed by atoms with Crippen molar-refractivity contribution in [3.8, 4) is 23.5 Å². The Hall–Kier alpha value is -3.98. The van der Waals surface area contributed by atoms with Crippen molar-refractivity contribution in [3.05, 3.63) is 78.8 Å². The standard InChI is InChI=1S/C20H16N6O3/c1-20(12-13-27-25-20)16-21-17-22-18(28-14-8-4-2-5-9-14)23-19(26(17)24-16)29-15-10-6-3-7-11-15/h2-13,25H,1H3. The van der Waals surface area contributed by atoms with Gasteiger partial charge in [0.25, 0.3) is 5.78 Å². The molecular formula is C20H16N6O3. The molecule has 1 unspecified atom stereocenters. The molecule has 3 heterocycles. The van der Waals surface area contributed by atoms with Gasteiger partial charge in [0, 0.05) is 0 Å². The van der Waals surface area contributed by atoms with Crippen molar-refractivity contribution in [1.82, 2.24) is 30.0 Å². The van der Waals surface area contributed by atoms with E-state index in [4.69, 9.17) is 14.3 Å². The monoisotopic (exact) mass is 388 g/mol. The fraction of sp³-hybridized carbons (Fsp3) is 0.100. The third-order valence-corrected chi connectivity index (χ3v) is 4.27. The van der Waals surface area contributed by atoms with Crippen LogP contribution in [0.1, 0.15) is 12.7 Å². The summed E-state index contributed by atoms with van der Waals surface area (Å²) in [5.41, 5.74) is 2.17. The highest BCUT2D eigenvalue weighted by Gasteiger charge is 2.33. The second-order valence-corrected chi connectivity index (χ2v) is 6.49. The third-order valence-electron chi connectivity index (χ3n) is 4.27. The van der Waals surface area contributed by atoms with Gasteiger partial charge < -0.3 is 14.3 Å². The number of nitrogens with zero attached hydrogens (tertiary/aromatic N) is 5. The molecule has 2 aromatic heterocycles. The quantitative estimate of drug-likeness (QED) is 0.556. The normalized spacial score (nSPS) is 18.0. The molecule has 5 rings (SSSR count). The Morgan fingerprint density at radius 1 is 0.897 bits per heavy atom. The Bertz CT molecular complexity index is 1180. The second-order valence-electron chi connectivity index (χ2n) is 6.49. The summed E-state index contributed by atoms with van der Waals surface area (Å²) in [5.74, 6) is 1.94. The molecule has 9 nitrogen and oxygen atoms in total. The van der Waals surface area contributed by atoms with Gasteiger partial charge in [-0.1, -0.05) is 36.4 Å². The van der Waals surface area contributed by atoms with Crippen molar-refractivity contribution in [1.29, 1.82) is 0 Å². The molecule has 29 heavy (non-hydrogen) atoms. The Labute approximate surface area is 165 Å². The fourth-order valence-electron chi connectivity index (χ4n) is 2.74. The maximum absolute atomic E-state index is 5.94. The molecule has 1 atom stereocenters. The number of fused-ring (bicyclic) bond motifs is 1. The first-order valence-corrected chi connectivity index (χ1v) is 8.91. The zero-order valence-electron chi connectivity index (χ0n) is 15.4. The highest BCUT2D eigenvalue weighted by atomic mass is 16.6. The minimum Gasteiger partial charge on any atom is -0.424 e. The lowest BCUT2D eigenvalue weighted by atomic mass is 10.0. The Morgan fingerprint density at radius 2 is 1.59 bits per heavy atom. The molecule has 0 saturated heterocycles. The van der Waals surface area contributed by atoms with E-state index in [0.29, 0.717) is 17.3 Å². The average Bonchev–Trinajstić information content (AvgIpc) is 3.37. The highest BCUT2D eigenvalue weighted by Crippen LogP contribution is 2.27. The minimum atomic E-state index is -0.696. The number of hydrogen-bond donors (Lipinski definition) is 1. The van der Waals surface area contributed by atoms with Crippen LogP contribution in [0.5, 0.6) is 23.5 Å². The zero-order chi connectivity index (χ0) is 19.7. The summed E-state index contributed by atoms with van der Waals surface area (Å²) in [6.07, 6.45) is 3.36. The first kappa shape index (κ1) is 17.1. The average molecular weight is 388 g/mol. The molecule has 1 aliphatic heterocycles. The number of para-hydroxylation sites is 2. The van der Waals surface area contributed by atoms with Crippen LogP contribution in [0.25, 0.3) is 5.78 Å². The summed E-state index contributed by atoms with van der Waals surface area (Å²) in [4.78, 5) is 18.4. The van der Waals surface area contributed by atoms with Crippen LogP contribution in [0.3, 0.4) is 0 Å². The van der Waals surface area contributed by atoms with Gasteiger partial charge in [-0.25, -0.2) is 0 Å². The van der Waals surface area contributed by atoms with Crippen LogP contribution in [0, 0.1) is 0 Å². The number of hydrogen-bond acceptors (Lipinski definition) is 8. The number of hydroxylamine groups is 1. The van der Waals surface area contributed by atoms with Gasteiger partial charge >= 0.3 is 12.0 Å². The molecule has 0 spiro atoms. The van der Waals surface area contributed by atoms with E-state index in [1.807, 2.05) is 73.7 Å². The summed E-state index contributed by atoms with van der Waals surface area (Å²) in [6.45, 7) is 1.89. The predicted molar refractivity (Wildman–Crippen MR) is 102 cm³/mol. The zero-order valence-corrected chi connectivity index (χ0v) is 15.4. The van der Waals surface area contributed by atoms with Crippen molar-refractivity contribution in [2.75, 3.05) is 0 Å². The van der Waals surface area contributed by atoms with Gasteiger partial charge in [0.2, 0.25) is 0 Å². The summed E-state index contributed by atoms with van der Waals surface area (Å²) < 4.78 is 13.2. The van der Waals surface area contributed by atoms with E-state index in [1.165, 1.54) is 4.52 Å². The molecule has 1 aliphatic rings. The van der Waals surface area contributed by atoms with Crippen LogP contribution in [0.4, 0.5) is 0 Å². The molecule has 0 aliphatic carbocycles. The third kappa shape index (κ3) is 3.34. The summed E-state index contributed by atoms with van der Waals surface area (Å²) in [7, 11) is 0. The molecule has 0 amide bonds. The van der Waals surface area contributed by atoms with Crippen LogP contribution in [-0.4, -0.2) is 24.6 Å².